The van der Waals surface area contributed by atoms with E-state index in [1.807, 2.05) is 24.3 Å². The number of anilines is 1. The smallest absolute Gasteiger partial charge is 0.416 e. The van der Waals surface area contributed by atoms with Gasteiger partial charge < -0.3 is 15.0 Å². The second-order valence-electron chi connectivity index (χ2n) is 10.3. The van der Waals surface area contributed by atoms with Crippen molar-refractivity contribution in [1.82, 2.24) is 10.2 Å². The summed E-state index contributed by atoms with van der Waals surface area (Å²) in [7, 11) is 1.63. The Morgan fingerprint density at radius 1 is 0.900 bits per heavy atom. The first-order valence-corrected chi connectivity index (χ1v) is 13.1. The molecule has 0 spiro atoms. The zero-order valence-electron chi connectivity index (χ0n) is 21.9. The first-order valence-electron chi connectivity index (χ1n) is 13.1. The Hall–Kier alpha value is -3.28. The van der Waals surface area contributed by atoms with Gasteiger partial charge in [-0.1, -0.05) is 0 Å². The van der Waals surface area contributed by atoms with E-state index in [0.717, 1.165) is 56.9 Å². The molecule has 1 N–H and O–H groups in total. The first kappa shape index (κ1) is 29.7. The molecule has 0 bridgehead atoms. The maximum absolute atomic E-state index is 13.1. The molecule has 2 aliphatic heterocycles. The number of piperidine rings is 1. The largest absolute Gasteiger partial charge is 0.497 e. The number of carbonyl (C=O) groups excluding carboxylic acids is 2. The van der Waals surface area contributed by atoms with Crippen LogP contribution >= 0.6 is 0 Å². The molecule has 0 unspecified atom stereocenters. The number of Topliss-reactive ketones (excluding diaryl/α,β-unsaturated/α-hetero) is 1. The first-order chi connectivity index (χ1) is 18.8. The van der Waals surface area contributed by atoms with Gasteiger partial charge in [0.2, 0.25) is 0 Å². The molecule has 0 aromatic heterocycles. The molecule has 0 radical (unpaired) electrons. The molecule has 2 fully saturated rings. The number of ether oxygens (including phenoxy) is 1. The Balaban J connectivity index is 1.24. The van der Waals surface area contributed by atoms with Crippen LogP contribution in [0.25, 0.3) is 0 Å². The summed E-state index contributed by atoms with van der Waals surface area (Å²) in [5.41, 5.74) is -2.83. The van der Waals surface area contributed by atoms with Crippen LogP contribution in [0.15, 0.2) is 42.5 Å². The molecule has 1 atom stereocenters. The molecule has 1 amide bonds. The van der Waals surface area contributed by atoms with Crippen molar-refractivity contribution in [2.75, 3.05) is 44.7 Å². The number of ketones is 1. The van der Waals surface area contributed by atoms with E-state index in [9.17, 15) is 35.9 Å². The Labute approximate surface area is 228 Å². The minimum absolute atomic E-state index is 0.0449. The van der Waals surface area contributed by atoms with Crippen LogP contribution in [0.2, 0.25) is 0 Å². The van der Waals surface area contributed by atoms with Gasteiger partial charge in [-0.15, -0.1) is 0 Å². The highest BCUT2D eigenvalue weighted by Gasteiger charge is 2.38. The van der Waals surface area contributed by atoms with Crippen LogP contribution in [0.3, 0.4) is 0 Å². The van der Waals surface area contributed by atoms with Gasteiger partial charge in [-0.25, -0.2) is 0 Å². The lowest BCUT2D eigenvalue weighted by Gasteiger charge is -2.38. The van der Waals surface area contributed by atoms with Crippen LogP contribution in [-0.4, -0.2) is 62.5 Å². The Bertz CT molecular complexity index is 1160. The van der Waals surface area contributed by atoms with Crippen LogP contribution in [-0.2, 0) is 17.1 Å². The van der Waals surface area contributed by atoms with E-state index in [2.05, 4.69) is 15.1 Å². The predicted octanol–water partition coefficient (Wildman–Crippen LogP) is 5.41. The van der Waals surface area contributed by atoms with Crippen molar-refractivity contribution in [2.45, 2.75) is 44.1 Å². The molecule has 2 aliphatic rings. The van der Waals surface area contributed by atoms with Crippen LogP contribution in [0, 0.1) is 5.92 Å². The van der Waals surface area contributed by atoms with Gasteiger partial charge in [0, 0.05) is 43.3 Å². The van der Waals surface area contributed by atoms with Crippen LogP contribution in [0.4, 0.5) is 32.0 Å². The van der Waals surface area contributed by atoms with Gasteiger partial charge in [0.15, 0.2) is 5.78 Å². The highest BCUT2D eigenvalue weighted by Crippen LogP contribution is 2.36. The van der Waals surface area contributed by atoms with Crippen molar-refractivity contribution in [2.24, 2.45) is 5.92 Å². The minimum atomic E-state index is -5.06. The lowest BCUT2D eigenvalue weighted by Crippen LogP contribution is -2.44. The Morgan fingerprint density at radius 3 is 2.05 bits per heavy atom. The summed E-state index contributed by atoms with van der Waals surface area (Å²) in [6.45, 7) is 2.94. The number of nitrogens with zero attached hydrogens (tertiary/aromatic N) is 2. The standard InChI is InChI=1S/C28H31F6N3O3/c1-40-25-4-2-22(3-5-25)36-10-7-23(8-11-36)37-9-6-18(17-37)12-24(38)16-35-26(39)19-13-20(27(29,30)31)15-21(14-19)28(32,33)34/h2-5,13-15,18,23H,6-12,16-17H2,1H3,(H,35,39)/t18-/m0/s1. The van der Waals surface area contributed by atoms with Crippen molar-refractivity contribution >= 4 is 17.4 Å². The van der Waals surface area contributed by atoms with Gasteiger partial charge in [-0.2, -0.15) is 26.3 Å². The summed E-state index contributed by atoms with van der Waals surface area (Å²) >= 11 is 0. The van der Waals surface area contributed by atoms with E-state index < -0.39 is 41.5 Å². The number of likely N-dealkylation sites (tertiary alicyclic amines) is 1. The van der Waals surface area contributed by atoms with Crippen LogP contribution in [0.5, 0.6) is 5.75 Å². The molecule has 12 heteroatoms. The molecule has 2 saturated heterocycles. The third kappa shape index (κ3) is 7.47. The SMILES string of the molecule is COc1ccc(N2CCC(N3CC[C@@H](CC(=O)CNC(=O)c4cc(C(F)(F)F)cc(C(F)(F)F)c4)C3)CC2)cc1. The summed E-state index contributed by atoms with van der Waals surface area (Å²) < 4.78 is 83.6. The Kier molecular flexibility index (Phi) is 8.96. The molecule has 2 aromatic carbocycles. The van der Waals surface area contributed by atoms with Crippen LogP contribution < -0.4 is 15.0 Å². The number of nitrogens with one attached hydrogen (secondary N) is 1. The van der Waals surface area contributed by atoms with E-state index in [-0.39, 0.29) is 24.2 Å². The number of halogens is 6. The molecule has 0 saturated carbocycles. The maximum atomic E-state index is 13.1. The van der Waals surface area contributed by atoms with E-state index >= 15 is 0 Å². The summed E-state index contributed by atoms with van der Waals surface area (Å²) in [4.78, 5) is 29.6. The van der Waals surface area contributed by atoms with Crippen molar-refractivity contribution in [1.29, 1.82) is 0 Å². The zero-order valence-corrected chi connectivity index (χ0v) is 21.9. The van der Waals surface area contributed by atoms with E-state index in [4.69, 9.17) is 4.74 Å². The average molecular weight is 572 g/mol. The predicted molar refractivity (Wildman–Crippen MR) is 136 cm³/mol. The number of hydrogen-bond acceptors (Lipinski definition) is 5. The van der Waals surface area contributed by atoms with E-state index in [1.54, 1.807) is 7.11 Å². The van der Waals surface area contributed by atoms with Crippen molar-refractivity contribution < 1.29 is 40.7 Å². The van der Waals surface area contributed by atoms with Gasteiger partial charge in [0.05, 0.1) is 24.8 Å². The number of hydrogen-bond donors (Lipinski definition) is 1. The molecule has 218 valence electrons. The zero-order chi connectivity index (χ0) is 29.1. The second kappa shape index (κ2) is 12.1. The normalized spacial score (nSPS) is 19.1. The molecule has 0 aliphatic carbocycles. The fraction of sp³-hybridized carbons (Fsp3) is 0.500. The lowest BCUT2D eigenvalue weighted by atomic mass is 10.0. The van der Waals surface area contributed by atoms with Gasteiger partial charge in [-0.05, 0) is 74.2 Å². The van der Waals surface area contributed by atoms with Crippen LogP contribution in [0.1, 0.15) is 47.2 Å². The molecule has 2 heterocycles. The fourth-order valence-corrected chi connectivity index (χ4v) is 5.40. The summed E-state index contributed by atoms with van der Waals surface area (Å²) in [6.07, 6.45) is -7.17. The van der Waals surface area contributed by atoms with Crippen molar-refractivity contribution in [3.8, 4) is 5.75 Å². The number of methoxy groups -OCH3 is 1. The minimum Gasteiger partial charge on any atom is -0.497 e. The van der Waals surface area contributed by atoms with Crippen molar-refractivity contribution in [3.05, 3.63) is 59.2 Å². The van der Waals surface area contributed by atoms with Crippen molar-refractivity contribution in [3.63, 3.8) is 0 Å². The van der Waals surface area contributed by atoms with E-state index in [0.29, 0.717) is 18.2 Å². The second-order valence-corrected chi connectivity index (χ2v) is 10.3. The topological polar surface area (TPSA) is 61.9 Å². The van der Waals surface area contributed by atoms with Gasteiger partial charge in [0.1, 0.15) is 5.75 Å². The molecule has 4 rings (SSSR count). The fourth-order valence-electron chi connectivity index (χ4n) is 5.40. The van der Waals surface area contributed by atoms with Gasteiger partial charge >= 0.3 is 12.4 Å². The van der Waals surface area contributed by atoms with E-state index in [1.165, 1.54) is 0 Å². The third-order valence-corrected chi connectivity index (χ3v) is 7.55. The quantitative estimate of drug-likeness (QED) is 0.430. The number of amides is 1. The molecule has 6 nitrogen and oxygen atoms in total. The number of alkyl halides is 6. The highest BCUT2D eigenvalue weighted by atomic mass is 19.4. The average Bonchev–Trinajstić information content (AvgIpc) is 3.39. The number of benzene rings is 2. The van der Waals surface area contributed by atoms with Gasteiger partial charge in [-0.3, -0.25) is 14.5 Å². The Morgan fingerprint density at radius 2 is 1.50 bits per heavy atom. The molecule has 2 aromatic rings. The molecular formula is C28H31F6N3O3. The molecular weight excluding hydrogens is 540 g/mol. The lowest BCUT2D eigenvalue weighted by molar-refractivity contribution is -0.143. The van der Waals surface area contributed by atoms with Gasteiger partial charge in [0.25, 0.3) is 5.91 Å². The summed E-state index contributed by atoms with van der Waals surface area (Å²) in [5, 5.41) is 2.18. The monoisotopic (exact) mass is 571 g/mol. The molecule has 40 heavy (non-hydrogen) atoms. The number of carbonyl (C=O) groups is 2. The maximum Gasteiger partial charge on any atom is 0.416 e. The third-order valence-electron chi connectivity index (χ3n) is 7.55. The summed E-state index contributed by atoms with van der Waals surface area (Å²) in [6, 6.07) is 9.01. The highest BCUT2D eigenvalue weighted by molar-refractivity contribution is 5.97. The number of rotatable bonds is 8. The summed E-state index contributed by atoms with van der Waals surface area (Å²) in [5.74, 6) is -0.601.